The number of imide groups is 1. The molecule has 1 aliphatic heterocycles. The monoisotopic (exact) mass is 342 g/mol. The molecule has 2 bridgehead atoms. The van der Waals surface area contributed by atoms with Crippen molar-refractivity contribution >= 4 is 23.4 Å². The SMILES string of the molecule is CCOc1ccc(NC(=O)CN2C(=O)[C@@H]3[C@@H]4CC[C@H](C4)[C@@H]3C2=O)cc1. The Hall–Kier alpha value is -2.37. The first-order valence-corrected chi connectivity index (χ1v) is 8.96. The van der Waals surface area contributed by atoms with Crippen LogP contribution in [0.1, 0.15) is 26.2 Å². The Balaban J connectivity index is 1.39. The summed E-state index contributed by atoms with van der Waals surface area (Å²) in [7, 11) is 0. The number of anilines is 1. The van der Waals surface area contributed by atoms with Gasteiger partial charge in [-0.2, -0.15) is 0 Å². The number of benzene rings is 1. The normalized spacial score (nSPS) is 29.9. The van der Waals surface area contributed by atoms with Crippen LogP contribution in [-0.4, -0.2) is 35.8 Å². The fourth-order valence-electron chi connectivity index (χ4n) is 4.77. The summed E-state index contributed by atoms with van der Waals surface area (Å²) in [5.41, 5.74) is 0.618. The van der Waals surface area contributed by atoms with Gasteiger partial charge in [0, 0.05) is 5.69 Å². The van der Waals surface area contributed by atoms with Crippen LogP contribution in [-0.2, 0) is 14.4 Å². The van der Waals surface area contributed by atoms with Crippen LogP contribution in [0.25, 0.3) is 0 Å². The molecule has 6 heteroatoms. The van der Waals surface area contributed by atoms with Gasteiger partial charge in [-0.1, -0.05) is 0 Å². The fraction of sp³-hybridized carbons (Fsp3) is 0.526. The molecule has 2 saturated carbocycles. The lowest BCUT2D eigenvalue weighted by atomic mass is 9.81. The van der Waals surface area contributed by atoms with Crippen LogP contribution in [0.2, 0.25) is 0 Å². The van der Waals surface area contributed by atoms with Crippen LogP contribution in [0.5, 0.6) is 5.75 Å². The minimum absolute atomic E-state index is 0.149. The van der Waals surface area contributed by atoms with Crippen molar-refractivity contribution in [2.24, 2.45) is 23.7 Å². The van der Waals surface area contributed by atoms with Crippen LogP contribution >= 0.6 is 0 Å². The number of likely N-dealkylation sites (tertiary alicyclic amines) is 1. The Morgan fingerprint density at radius 2 is 1.72 bits per heavy atom. The summed E-state index contributed by atoms with van der Waals surface area (Å²) in [4.78, 5) is 38.7. The van der Waals surface area contributed by atoms with Gasteiger partial charge in [0.15, 0.2) is 0 Å². The third-order valence-electron chi connectivity index (χ3n) is 5.77. The number of hydrogen-bond acceptors (Lipinski definition) is 4. The third kappa shape index (κ3) is 2.69. The summed E-state index contributed by atoms with van der Waals surface area (Å²) in [5, 5.41) is 2.74. The topological polar surface area (TPSA) is 75.7 Å². The maximum Gasteiger partial charge on any atom is 0.244 e. The van der Waals surface area contributed by atoms with Crippen molar-refractivity contribution in [3.05, 3.63) is 24.3 Å². The highest BCUT2D eigenvalue weighted by molar-refractivity contribution is 6.09. The second-order valence-electron chi connectivity index (χ2n) is 7.15. The Kier molecular flexibility index (Phi) is 3.98. The summed E-state index contributed by atoms with van der Waals surface area (Å²) in [6.07, 6.45) is 3.08. The van der Waals surface area contributed by atoms with E-state index in [1.54, 1.807) is 24.3 Å². The van der Waals surface area contributed by atoms with E-state index in [4.69, 9.17) is 4.74 Å². The summed E-state index contributed by atoms with van der Waals surface area (Å²) >= 11 is 0. The zero-order valence-electron chi connectivity index (χ0n) is 14.2. The van der Waals surface area contributed by atoms with Gasteiger partial charge in [-0.05, 0) is 62.3 Å². The molecule has 3 aliphatic rings. The molecule has 1 saturated heterocycles. The molecule has 0 aromatic heterocycles. The van der Waals surface area contributed by atoms with Crippen molar-refractivity contribution in [1.82, 2.24) is 4.90 Å². The van der Waals surface area contributed by atoms with Crippen LogP contribution in [0.3, 0.4) is 0 Å². The minimum Gasteiger partial charge on any atom is -0.494 e. The predicted octanol–water partition coefficient (Wildman–Crippen LogP) is 2.05. The van der Waals surface area contributed by atoms with E-state index < -0.39 is 0 Å². The molecule has 0 unspecified atom stereocenters. The van der Waals surface area contributed by atoms with Crippen LogP contribution < -0.4 is 10.1 Å². The Morgan fingerprint density at radius 3 is 2.28 bits per heavy atom. The molecule has 1 N–H and O–H groups in total. The number of hydrogen-bond donors (Lipinski definition) is 1. The number of rotatable bonds is 5. The van der Waals surface area contributed by atoms with Crippen molar-refractivity contribution in [2.75, 3.05) is 18.5 Å². The van der Waals surface area contributed by atoms with E-state index in [1.165, 1.54) is 4.90 Å². The molecule has 1 aromatic rings. The summed E-state index contributed by atoms with van der Waals surface area (Å²) in [5.74, 6) is 0.408. The molecule has 4 atom stereocenters. The molecule has 3 amide bonds. The van der Waals surface area contributed by atoms with E-state index in [2.05, 4.69) is 5.32 Å². The van der Waals surface area contributed by atoms with Crippen LogP contribution in [0.4, 0.5) is 5.69 Å². The van der Waals surface area contributed by atoms with Crippen molar-refractivity contribution < 1.29 is 19.1 Å². The van der Waals surface area contributed by atoms with E-state index in [-0.39, 0.29) is 36.1 Å². The summed E-state index contributed by atoms with van der Waals surface area (Å²) in [6, 6.07) is 7.03. The first-order chi connectivity index (χ1) is 12.1. The first-order valence-electron chi connectivity index (χ1n) is 8.96. The Bertz CT molecular complexity index is 687. The van der Waals surface area contributed by atoms with Crippen molar-refractivity contribution in [3.63, 3.8) is 0 Å². The highest BCUT2D eigenvalue weighted by Gasteiger charge is 2.60. The van der Waals surface area contributed by atoms with E-state index in [9.17, 15) is 14.4 Å². The van der Waals surface area contributed by atoms with Crippen LogP contribution in [0, 0.1) is 23.7 Å². The van der Waals surface area contributed by atoms with Gasteiger partial charge in [-0.15, -0.1) is 0 Å². The molecule has 132 valence electrons. The molecular weight excluding hydrogens is 320 g/mol. The Morgan fingerprint density at radius 1 is 1.12 bits per heavy atom. The third-order valence-corrected chi connectivity index (χ3v) is 5.77. The maximum absolute atomic E-state index is 12.6. The minimum atomic E-state index is -0.349. The molecule has 1 heterocycles. The molecule has 6 nitrogen and oxygen atoms in total. The lowest BCUT2D eigenvalue weighted by Crippen LogP contribution is -2.39. The number of nitrogens with zero attached hydrogens (tertiary/aromatic N) is 1. The summed E-state index contributed by atoms with van der Waals surface area (Å²) in [6.45, 7) is 2.29. The van der Waals surface area contributed by atoms with Crippen molar-refractivity contribution in [3.8, 4) is 5.75 Å². The van der Waals surface area contributed by atoms with Crippen molar-refractivity contribution in [1.29, 1.82) is 0 Å². The predicted molar refractivity (Wildman–Crippen MR) is 90.8 cm³/mol. The van der Waals surface area contributed by atoms with Gasteiger partial charge in [0.05, 0.1) is 18.4 Å². The summed E-state index contributed by atoms with van der Waals surface area (Å²) < 4.78 is 5.36. The average Bonchev–Trinajstić information content (AvgIpc) is 3.27. The van der Waals surface area contributed by atoms with Crippen molar-refractivity contribution in [2.45, 2.75) is 26.2 Å². The van der Waals surface area contributed by atoms with Gasteiger partial charge in [-0.25, -0.2) is 0 Å². The second-order valence-corrected chi connectivity index (χ2v) is 7.15. The smallest absolute Gasteiger partial charge is 0.244 e. The average molecular weight is 342 g/mol. The van der Waals surface area contributed by atoms with E-state index in [0.29, 0.717) is 24.1 Å². The number of ether oxygens (including phenoxy) is 1. The van der Waals surface area contributed by atoms with E-state index >= 15 is 0 Å². The molecule has 25 heavy (non-hydrogen) atoms. The lowest BCUT2D eigenvalue weighted by Gasteiger charge is -2.19. The Labute approximate surface area is 146 Å². The largest absolute Gasteiger partial charge is 0.494 e. The molecular formula is C19H22N2O4. The number of carbonyl (C=O) groups is 3. The first kappa shape index (κ1) is 16.1. The number of carbonyl (C=O) groups excluding carboxylic acids is 3. The number of nitrogens with one attached hydrogen (secondary N) is 1. The highest BCUT2D eigenvalue weighted by atomic mass is 16.5. The molecule has 3 fully saturated rings. The number of fused-ring (bicyclic) bond motifs is 5. The molecule has 0 radical (unpaired) electrons. The van der Waals surface area contributed by atoms with Gasteiger partial charge < -0.3 is 10.1 Å². The standard InChI is InChI=1S/C19H22N2O4/c1-2-25-14-7-5-13(6-8-14)20-15(22)10-21-18(23)16-11-3-4-12(9-11)17(16)19(21)24/h5-8,11-12,16-17H,2-4,9-10H2,1H3,(H,20,22)/t11-,12-,16-,17+/m1/s1. The van der Waals surface area contributed by atoms with Crippen LogP contribution in [0.15, 0.2) is 24.3 Å². The number of amides is 3. The molecule has 1 aromatic carbocycles. The molecule has 0 spiro atoms. The van der Waals surface area contributed by atoms with Gasteiger partial charge >= 0.3 is 0 Å². The molecule has 4 rings (SSSR count). The van der Waals surface area contributed by atoms with Gasteiger partial charge in [-0.3, -0.25) is 19.3 Å². The highest BCUT2D eigenvalue weighted by Crippen LogP contribution is 2.56. The lowest BCUT2D eigenvalue weighted by molar-refractivity contribution is -0.143. The quantitative estimate of drug-likeness (QED) is 0.831. The maximum atomic E-state index is 12.6. The molecule has 2 aliphatic carbocycles. The fourth-order valence-corrected chi connectivity index (χ4v) is 4.77. The van der Waals surface area contributed by atoms with E-state index in [1.807, 2.05) is 6.92 Å². The zero-order valence-corrected chi connectivity index (χ0v) is 14.2. The van der Waals surface area contributed by atoms with Gasteiger partial charge in [0.25, 0.3) is 0 Å². The van der Waals surface area contributed by atoms with Gasteiger partial charge in [0.2, 0.25) is 17.7 Å². The second kappa shape index (κ2) is 6.17. The zero-order chi connectivity index (χ0) is 17.6. The van der Waals surface area contributed by atoms with Gasteiger partial charge in [0.1, 0.15) is 12.3 Å². The van der Waals surface area contributed by atoms with E-state index in [0.717, 1.165) is 25.0 Å².